The molecule has 3 rings (SSSR count). The van der Waals surface area contributed by atoms with Crippen LogP contribution in [-0.4, -0.2) is 59.4 Å². The van der Waals surface area contributed by atoms with Crippen LogP contribution in [0.3, 0.4) is 0 Å². The number of piperazine rings is 1. The zero-order valence-electron chi connectivity index (χ0n) is 12.7. The van der Waals surface area contributed by atoms with Gasteiger partial charge in [-0.2, -0.15) is 0 Å². The van der Waals surface area contributed by atoms with Crippen LogP contribution in [0.4, 0.5) is 4.39 Å². The lowest BCUT2D eigenvalue weighted by Crippen LogP contribution is -2.47. The summed E-state index contributed by atoms with van der Waals surface area (Å²) in [6.07, 6.45) is 1.52. The van der Waals surface area contributed by atoms with E-state index >= 15 is 0 Å². The van der Waals surface area contributed by atoms with E-state index in [1.165, 1.54) is 29.8 Å². The number of hydrogen-bond donors (Lipinski definition) is 0. The molecule has 116 valence electrons. The molecule has 1 saturated heterocycles. The molecule has 22 heavy (non-hydrogen) atoms. The summed E-state index contributed by atoms with van der Waals surface area (Å²) in [5, 5.41) is 0.612. The third kappa shape index (κ3) is 2.50. The van der Waals surface area contributed by atoms with E-state index in [0.717, 1.165) is 13.1 Å². The van der Waals surface area contributed by atoms with Gasteiger partial charge in [-0.3, -0.25) is 14.2 Å². The maximum Gasteiger partial charge on any atom is 0.256 e. The monoisotopic (exact) mass is 303 g/mol. The summed E-state index contributed by atoms with van der Waals surface area (Å²) in [7, 11) is 2.02. The molecule has 1 fully saturated rings. The van der Waals surface area contributed by atoms with Gasteiger partial charge in [-0.25, -0.2) is 4.39 Å². The zero-order chi connectivity index (χ0) is 15.9. The zero-order valence-corrected chi connectivity index (χ0v) is 12.7. The van der Waals surface area contributed by atoms with Crippen molar-refractivity contribution in [1.82, 2.24) is 14.4 Å². The van der Waals surface area contributed by atoms with Crippen LogP contribution in [0.2, 0.25) is 0 Å². The molecule has 1 aliphatic heterocycles. The van der Waals surface area contributed by atoms with Crippen molar-refractivity contribution < 1.29 is 14.0 Å². The highest BCUT2D eigenvalue weighted by Gasteiger charge is 2.24. The molecule has 1 aliphatic rings. The molecule has 0 saturated carbocycles. The predicted octanol–water partition coefficient (Wildman–Crippen LogP) is 1.83. The van der Waals surface area contributed by atoms with Crippen molar-refractivity contribution in [2.45, 2.75) is 6.92 Å². The van der Waals surface area contributed by atoms with Crippen LogP contribution in [0.25, 0.3) is 10.9 Å². The summed E-state index contributed by atoms with van der Waals surface area (Å²) in [4.78, 5) is 28.4. The van der Waals surface area contributed by atoms with Crippen LogP contribution >= 0.6 is 0 Å². The minimum Gasteiger partial charge on any atom is -0.336 e. The molecule has 5 nitrogen and oxygen atoms in total. The summed E-state index contributed by atoms with van der Waals surface area (Å²) in [6.45, 7) is 4.36. The van der Waals surface area contributed by atoms with Crippen molar-refractivity contribution in [2.24, 2.45) is 0 Å². The quantitative estimate of drug-likeness (QED) is 0.807. The second kappa shape index (κ2) is 5.53. The number of likely N-dealkylation sites (N-methyl/N-ethyl adjacent to an activating group) is 1. The molecule has 0 N–H and O–H groups in total. The first-order valence-corrected chi connectivity index (χ1v) is 7.27. The molecule has 0 radical (unpaired) electrons. The fraction of sp³-hybridized carbons (Fsp3) is 0.375. The molecule has 1 amide bonds. The summed E-state index contributed by atoms with van der Waals surface area (Å²) in [6, 6.07) is 4.17. The van der Waals surface area contributed by atoms with Crippen LogP contribution in [-0.2, 0) is 0 Å². The molecule has 0 unspecified atom stereocenters. The van der Waals surface area contributed by atoms with Crippen molar-refractivity contribution in [3.05, 3.63) is 35.8 Å². The van der Waals surface area contributed by atoms with Crippen molar-refractivity contribution >= 4 is 22.7 Å². The Morgan fingerprint density at radius 1 is 1.14 bits per heavy atom. The highest BCUT2D eigenvalue weighted by atomic mass is 19.1. The van der Waals surface area contributed by atoms with Crippen molar-refractivity contribution in [1.29, 1.82) is 0 Å². The van der Waals surface area contributed by atoms with E-state index in [0.29, 0.717) is 29.6 Å². The second-order valence-electron chi connectivity index (χ2n) is 5.69. The number of carbonyl (C=O) groups excluding carboxylic acids is 2. The second-order valence-corrected chi connectivity index (χ2v) is 5.69. The van der Waals surface area contributed by atoms with Gasteiger partial charge < -0.3 is 9.80 Å². The third-order valence-corrected chi connectivity index (χ3v) is 4.13. The number of benzene rings is 1. The van der Waals surface area contributed by atoms with Crippen LogP contribution in [0.1, 0.15) is 22.1 Å². The van der Waals surface area contributed by atoms with E-state index in [4.69, 9.17) is 0 Å². The minimum absolute atomic E-state index is 0.107. The number of nitrogens with zero attached hydrogens (tertiary/aromatic N) is 3. The number of amides is 1. The SMILES string of the molecule is CC(=O)n1cc(C(=O)N2CCN(C)CC2)c2ccc(F)cc21. The topological polar surface area (TPSA) is 45.6 Å². The van der Waals surface area contributed by atoms with E-state index in [-0.39, 0.29) is 11.8 Å². The Balaban J connectivity index is 2.03. The minimum atomic E-state index is -0.424. The molecular formula is C16H18FN3O2. The summed E-state index contributed by atoms with van der Waals surface area (Å²) >= 11 is 0. The average molecular weight is 303 g/mol. The fourth-order valence-electron chi connectivity index (χ4n) is 2.81. The first kappa shape index (κ1) is 14.7. The highest BCUT2D eigenvalue weighted by molar-refractivity contribution is 6.09. The van der Waals surface area contributed by atoms with Crippen LogP contribution in [0.5, 0.6) is 0 Å². The lowest BCUT2D eigenvalue weighted by molar-refractivity contribution is 0.0666. The van der Waals surface area contributed by atoms with Gasteiger partial charge >= 0.3 is 0 Å². The first-order chi connectivity index (χ1) is 10.5. The molecule has 0 spiro atoms. The fourth-order valence-corrected chi connectivity index (χ4v) is 2.81. The van der Waals surface area contributed by atoms with Gasteiger partial charge in [0.25, 0.3) is 5.91 Å². The maximum atomic E-state index is 13.5. The van der Waals surface area contributed by atoms with Gasteiger partial charge in [0.15, 0.2) is 0 Å². The number of carbonyl (C=O) groups is 2. The Bertz CT molecular complexity index is 745. The molecular weight excluding hydrogens is 285 g/mol. The predicted molar refractivity (Wildman–Crippen MR) is 81.6 cm³/mol. The number of aromatic nitrogens is 1. The van der Waals surface area contributed by atoms with E-state index in [2.05, 4.69) is 4.90 Å². The smallest absolute Gasteiger partial charge is 0.256 e. The van der Waals surface area contributed by atoms with Crippen LogP contribution in [0, 0.1) is 5.82 Å². The van der Waals surface area contributed by atoms with Gasteiger partial charge in [0.05, 0.1) is 11.1 Å². The van der Waals surface area contributed by atoms with E-state index in [9.17, 15) is 14.0 Å². The largest absolute Gasteiger partial charge is 0.336 e. The standard InChI is InChI=1S/C16H18FN3O2/c1-11(21)20-10-14(13-4-3-12(17)9-15(13)20)16(22)19-7-5-18(2)6-8-19/h3-4,9-10H,5-8H2,1-2H3. The highest BCUT2D eigenvalue weighted by Crippen LogP contribution is 2.24. The first-order valence-electron chi connectivity index (χ1n) is 7.27. The molecule has 1 aromatic carbocycles. The van der Waals surface area contributed by atoms with Crippen molar-refractivity contribution in [3.8, 4) is 0 Å². The van der Waals surface area contributed by atoms with Gasteiger partial charge in [0.1, 0.15) is 5.82 Å². The number of rotatable bonds is 1. The Morgan fingerprint density at radius 3 is 2.45 bits per heavy atom. The summed E-state index contributed by atoms with van der Waals surface area (Å²) < 4.78 is 14.8. The van der Waals surface area contributed by atoms with Gasteiger partial charge in [0.2, 0.25) is 5.91 Å². The molecule has 2 aromatic rings. The molecule has 0 atom stereocenters. The van der Waals surface area contributed by atoms with Gasteiger partial charge in [-0.1, -0.05) is 0 Å². The molecule has 2 heterocycles. The number of fused-ring (bicyclic) bond motifs is 1. The Kier molecular flexibility index (Phi) is 3.70. The summed E-state index contributed by atoms with van der Waals surface area (Å²) in [5.41, 5.74) is 0.889. The van der Waals surface area contributed by atoms with Crippen LogP contribution < -0.4 is 0 Å². The number of halogens is 1. The van der Waals surface area contributed by atoms with Crippen molar-refractivity contribution in [3.63, 3.8) is 0 Å². The van der Waals surface area contributed by atoms with Gasteiger partial charge in [0, 0.05) is 44.7 Å². The lowest BCUT2D eigenvalue weighted by atomic mass is 10.1. The Hall–Kier alpha value is -2.21. The number of hydrogen-bond acceptors (Lipinski definition) is 3. The third-order valence-electron chi connectivity index (χ3n) is 4.13. The summed E-state index contributed by atoms with van der Waals surface area (Å²) in [5.74, 6) is -0.774. The van der Waals surface area contributed by atoms with Gasteiger partial charge in [-0.15, -0.1) is 0 Å². The van der Waals surface area contributed by atoms with E-state index < -0.39 is 5.82 Å². The molecule has 6 heteroatoms. The molecule has 0 bridgehead atoms. The molecule has 0 aliphatic carbocycles. The van der Waals surface area contributed by atoms with E-state index in [1.807, 2.05) is 7.05 Å². The van der Waals surface area contributed by atoms with Crippen molar-refractivity contribution in [2.75, 3.05) is 33.2 Å². The average Bonchev–Trinajstić information content (AvgIpc) is 2.86. The van der Waals surface area contributed by atoms with Crippen LogP contribution in [0.15, 0.2) is 24.4 Å². The Morgan fingerprint density at radius 2 is 1.82 bits per heavy atom. The normalized spacial score (nSPS) is 16.2. The lowest BCUT2D eigenvalue weighted by Gasteiger charge is -2.32. The molecule has 1 aromatic heterocycles. The Labute approximate surface area is 127 Å². The van der Waals surface area contributed by atoms with Gasteiger partial charge in [-0.05, 0) is 25.2 Å². The van der Waals surface area contributed by atoms with E-state index in [1.54, 1.807) is 11.0 Å². The maximum absolute atomic E-state index is 13.5.